The van der Waals surface area contributed by atoms with Crippen molar-refractivity contribution in [1.29, 1.82) is 0 Å². The Balaban J connectivity index is 2.03. The van der Waals surface area contributed by atoms with Crippen molar-refractivity contribution >= 4 is 22.9 Å². The number of rotatable bonds is 3. The number of nitrogens with one attached hydrogen (secondary N) is 1. The zero-order valence-electron chi connectivity index (χ0n) is 9.67. The van der Waals surface area contributed by atoms with Crippen LogP contribution in [0.4, 0.5) is 14.5 Å². The third-order valence-corrected chi connectivity index (χ3v) is 3.34. The Morgan fingerprint density at radius 1 is 1.28 bits per heavy atom. The molecule has 0 spiro atoms. The minimum Gasteiger partial charge on any atom is -0.323 e. The molecule has 0 saturated heterocycles. The minimum atomic E-state index is -0.772. The van der Waals surface area contributed by atoms with E-state index in [0.29, 0.717) is 0 Å². The first-order valence-electron chi connectivity index (χ1n) is 5.35. The predicted molar refractivity (Wildman–Crippen MR) is 67.7 cm³/mol. The number of halogens is 2. The number of thiophene rings is 1. The summed E-state index contributed by atoms with van der Waals surface area (Å²) in [5.41, 5.74) is -0.00493. The Bertz CT molecular complexity index is 580. The molecule has 1 aromatic heterocycles. The van der Waals surface area contributed by atoms with Crippen molar-refractivity contribution in [2.24, 2.45) is 0 Å². The van der Waals surface area contributed by atoms with E-state index in [9.17, 15) is 13.6 Å². The molecule has 0 aliphatic carbocycles. The zero-order valence-corrected chi connectivity index (χ0v) is 10.5. The standard InChI is InChI=1S/C13H11F2NOS/c1-8-2-4-10(18-8)7-13(17)16-12-5-3-9(14)6-11(12)15/h2-6H,7H2,1H3,(H,16,17). The van der Waals surface area contributed by atoms with E-state index in [1.165, 1.54) is 17.4 Å². The van der Waals surface area contributed by atoms with E-state index in [4.69, 9.17) is 0 Å². The van der Waals surface area contributed by atoms with E-state index < -0.39 is 11.6 Å². The fraction of sp³-hybridized carbons (Fsp3) is 0.154. The summed E-state index contributed by atoms with van der Waals surface area (Å²) >= 11 is 1.52. The van der Waals surface area contributed by atoms with Gasteiger partial charge in [-0.1, -0.05) is 0 Å². The molecule has 94 valence electrons. The van der Waals surface area contributed by atoms with E-state index in [1.807, 2.05) is 19.1 Å². The number of aryl methyl sites for hydroxylation is 1. The molecule has 5 heteroatoms. The van der Waals surface area contributed by atoms with Gasteiger partial charge >= 0.3 is 0 Å². The fourth-order valence-corrected chi connectivity index (χ4v) is 2.41. The summed E-state index contributed by atoms with van der Waals surface area (Å²) in [5, 5.41) is 2.42. The topological polar surface area (TPSA) is 29.1 Å². The molecular formula is C13H11F2NOS. The molecule has 0 fully saturated rings. The minimum absolute atomic E-state index is 0.00493. The van der Waals surface area contributed by atoms with Gasteiger partial charge in [0.15, 0.2) is 0 Å². The average Bonchev–Trinajstić information content (AvgIpc) is 2.68. The summed E-state index contributed by atoms with van der Waals surface area (Å²) < 4.78 is 26.0. The summed E-state index contributed by atoms with van der Waals surface area (Å²) in [6.07, 6.45) is 0.190. The lowest BCUT2D eigenvalue weighted by atomic mass is 10.2. The van der Waals surface area contributed by atoms with E-state index >= 15 is 0 Å². The maximum atomic E-state index is 13.3. The van der Waals surface area contributed by atoms with Crippen LogP contribution in [0.25, 0.3) is 0 Å². The average molecular weight is 267 g/mol. The van der Waals surface area contributed by atoms with Crippen LogP contribution in [0.5, 0.6) is 0 Å². The SMILES string of the molecule is Cc1ccc(CC(=O)Nc2ccc(F)cc2F)s1. The van der Waals surface area contributed by atoms with Crippen LogP contribution in [0.1, 0.15) is 9.75 Å². The van der Waals surface area contributed by atoms with Crippen molar-refractivity contribution in [3.63, 3.8) is 0 Å². The van der Waals surface area contributed by atoms with Crippen molar-refractivity contribution in [3.05, 3.63) is 51.7 Å². The van der Waals surface area contributed by atoms with E-state index in [0.717, 1.165) is 21.9 Å². The summed E-state index contributed by atoms with van der Waals surface area (Å²) in [7, 11) is 0. The van der Waals surface area contributed by atoms with Crippen LogP contribution in [-0.2, 0) is 11.2 Å². The van der Waals surface area contributed by atoms with E-state index in [2.05, 4.69) is 5.32 Å². The smallest absolute Gasteiger partial charge is 0.229 e. The van der Waals surface area contributed by atoms with Gasteiger partial charge < -0.3 is 5.32 Å². The fourth-order valence-electron chi connectivity index (χ4n) is 1.52. The molecule has 18 heavy (non-hydrogen) atoms. The molecule has 1 heterocycles. The maximum Gasteiger partial charge on any atom is 0.229 e. The van der Waals surface area contributed by atoms with Gasteiger partial charge in [-0.05, 0) is 31.2 Å². The highest BCUT2D eigenvalue weighted by atomic mass is 32.1. The number of carbonyl (C=O) groups is 1. The number of carbonyl (C=O) groups excluding carboxylic acids is 1. The third-order valence-electron chi connectivity index (χ3n) is 2.34. The zero-order chi connectivity index (χ0) is 13.1. The van der Waals surface area contributed by atoms with Gasteiger partial charge in [0.25, 0.3) is 0 Å². The normalized spacial score (nSPS) is 10.4. The van der Waals surface area contributed by atoms with Crippen LogP contribution in [0, 0.1) is 18.6 Å². The monoisotopic (exact) mass is 267 g/mol. The third kappa shape index (κ3) is 3.13. The Morgan fingerprint density at radius 2 is 2.06 bits per heavy atom. The van der Waals surface area contributed by atoms with Crippen LogP contribution in [0.2, 0.25) is 0 Å². The first kappa shape index (κ1) is 12.7. The molecule has 0 unspecified atom stereocenters. The van der Waals surface area contributed by atoms with Crippen LogP contribution < -0.4 is 5.32 Å². The number of anilines is 1. The Morgan fingerprint density at radius 3 is 2.67 bits per heavy atom. The summed E-state index contributed by atoms with van der Waals surface area (Å²) in [4.78, 5) is 13.7. The quantitative estimate of drug-likeness (QED) is 0.905. The highest BCUT2D eigenvalue weighted by molar-refractivity contribution is 7.12. The first-order valence-corrected chi connectivity index (χ1v) is 6.16. The number of benzene rings is 1. The van der Waals surface area contributed by atoms with Gasteiger partial charge in [0, 0.05) is 15.8 Å². The Labute approximate surface area is 107 Å². The molecule has 2 rings (SSSR count). The lowest BCUT2D eigenvalue weighted by molar-refractivity contribution is -0.115. The van der Waals surface area contributed by atoms with Gasteiger partial charge in [-0.2, -0.15) is 0 Å². The van der Waals surface area contributed by atoms with Crippen LogP contribution >= 0.6 is 11.3 Å². The lowest BCUT2D eigenvalue weighted by Gasteiger charge is -2.05. The second-order valence-corrected chi connectivity index (χ2v) is 5.23. The Kier molecular flexibility index (Phi) is 3.72. The van der Waals surface area contributed by atoms with Crippen molar-refractivity contribution in [3.8, 4) is 0 Å². The highest BCUT2D eigenvalue weighted by Crippen LogP contribution is 2.18. The summed E-state index contributed by atoms with van der Waals surface area (Å²) in [5.74, 6) is -1.76. The number of hydrogen-bond acceptors (Lipinski definition) is 2. The van der Waals surface area contributed by atoms with Crippen LogP contribution in [-0.4, -0.2) is 5.91 Å². The molecule has 1 aromatic carbocycles. The second kappa shape index (κ2) is 5.27. The molecule has 0 aliphatic heterocycles. The molecule has 1 amide bonds. The Hall–Kier alpha value is -1.75. The summed E-state index contributed by atoms with van der Waals surface area (Å²) in [6.45, 7) is 1.95. The molecule has 1 N–H and O–H groups in total. The van der Waals surface area contributed by atoms with Gasteiger partial charge in [-0.15, -0.1) is 11.3 Å². The van der Waals surface area contributed by atoms with Gasteiger partial charge in [-0.25, -0.2) is 8.78 Å². The molecule has 0 radical (unpaired) electrons. The molecular weight excluding hydrogens is 256 g/mol. The molecule has 2 nitrogen and oxygen atoms in total. The van der Waals surface area contributed by atoms with Gasteiger partial charge in [0.2, 0.25) is 5.91 Å². The molecule has 0 atom stereocenters. The van der Waals surface area contributed by atoms with Gasteiger partial charge in [0.1, 0.15) is 11.6 Å². The number of hydrogen-bond donors (Lipinski definition) is 1. The largest absolute Gasteiger partial charge is 0.323 e. The van der Waals surface area contributed by atoms with Crippen molar-refractivity contribution in [2.75, 3.05) is 5.32 Å². The van der Waals surface area contributed by atoms with Crippen molar-refractivity contribution < 1.29 is 13.6 Å². The van der Waals surface area contributed by atoms with Gasteiger partial charge in [0.05, 0.1) is 12.1 Å². The van der Waals surface area contributed by atoms with Crippen molar-refractivity contribution in [1.82, 2.24) is 0 Å². The molecule has 0 bridgehead atoms. The maximum absolute atomic E-state index is 13.3. The van der Waals surface area contributed by atoms with Crippen molar-refractivity contribution in [2.45, 2.75) is 13.3 Å². The molecule has 2 aromatic rings. The van der Waals surface area contributed by atoms with E-state index in [-0.39, 0.29) is 18.0 Å². The second-order valence-electron chi connectivity index (χ2n) is 3.86. The molecule has 0 aliphatic rings. The van der Waals surface area contributed by atoms with E-state index in [1.54, 1.807) is 0 Å². The molecule has 0 saturated carbocycles. The van der Waals surface area contributed by atoms with Crippen LogP contribution in [0.15, 0.2) is 30.3 Å². The van der Waals surface area contributed by atoms with Gasteiger partial charge in [-0.3, -0.25) is 4.79 Å². The predicted octanol–water partition coefficient (Wildman–Crippen LogP) is 3.52. The summed E-state index contributed by atoms with van der Waals surface area (Å²) in [6, 6.07) is 6.84. The first-order chi connectivity index (χ1) is 8.54. The number of amides is 1. The highest BCUT2D eigenvalue weighted by Gasteiger charge is 2.09. The van der Waals surface area contributed by atoms with Crippen LogP contribution in [0.3, 0.4) is 0 Å². The lowest BCUT2D eigenvalue weighted by Crippen LogP contribution is -2.14.